The molecule has 3 aromatic carbocycles. The molecule has 2 atom stereocenters. The van der Waals surface area contributed by atoms with Crippen molar-refractivity contribution in [1.29, 1.82) is 0 Å². The van der Waals surface area contributed by atoms with Gasteiger partial charge in [0.2, 0.25) is 15.9 Å². The number of hydrogen-bond donors (Lipinski definition) is 2. The highest BCUT2D eigenvalue weighted by molar-refractivity contribution is 7.88. The Morgan fingerprint density at radius 1 is 1.00 bits per heavy atom. The summed E-state index contributed by atoms with van der Waals surface area (Å²) >= 11 is 12.4. The predicted molar refractivity (Wildman–Crippen MR) is 149 cm³/mol. The zero-order valence-electron chi connectivity index (χ0n) is 20.5. The van der Waals surface area contributed by atoms with Gasteiger partial charge < -0.3 is 10.4 Å². The topological polar surface area (TPSA) is 104 Å². The lowest BCUT2D eigenvalue weighted by Crippen LogP contribution is -2.50. The number of carbonyl (C=O) groups excluding carboxylic acids is 1. The Hall–Kier alpha value is -2.91. The highest BCUT2D eigenvalue weighted by atomic mass is 35.5. The second kappa shape index (κ2) is 12.3. The molecule has 0 aliphatic carbocycles. The zero-order chi connectivity index (χ0) is 27.3. The van der Waals surface area contributed by atoms with E-state index in [-0.39, 0.29) is 18.7 Å². The Morgan fingerprint density at radius 3 is 2.39 bits per heavy atom. The summed E-state index contributed by atoms with van der Waals surface area (Å²) in [5.41, 5.74) is 2.98. The summed E-state index contributed by atoms with van der Waals surface area (Å²) in [7, 11) is -3.61. The molecule has 7 nitrogen and oxygen atoms in total. The predicted octanol–water partition coefficient (Wildman–Crippen LogP) is 5.01. The van der Waals surface area contributed by atoms with E-state index >= 15 is 0 Å². The van der Waals surface area contributed by atoms with E-state index in [2.05, 4.69) is 5.32 Å². The van der Waals surface area contributed by atoms with Gasteiger partial charge in [-0.05, 0) is 47.7 Å². The van der Waals surface area contributed by atoms with Crippen molar-refractivity contribution in [1.82, 2.24) is 9.62 Å². The van der Waals surface area contributed by atoms with Crippen LogP contribution in [0.3, 0.4) is 0 Å². The third-order valence-corrected chi connectivity index (χ3v) is 8.97. The minimum absolute atomic E-state index is 0.0302. The van der Waals surface area contributed by atoms with E-state index in [0.717, 1.165) is 16.7 Å². The molecule has 1 heterocycles. The van der Waals surface area contributed by atoms with Crippen molar-refractivity contribution in [3.63, 3.8) is 0 Å². The number of carboxylic acid groups (broad SMARTS) is 1. The van der Waals surface area contributed by atoms with E-state index in [4.69, 9.17) is 23.2 Å². The number of rotatable bonds is 9. The minimum Gasteiger partial charge on any atom is -0.480 e. The maximum atomic E-state index is 13.0. The van der Waals surface area contributed by atoms with Gasteiger partial charge in [0, 0.05) is 35.1 Å². The molecule has 38 heavy (non-hydrogen) atoms. The van der Waals surface area contributed by atoms with E-state index in [1.165, 1.54) is 4.31 Å². The number of piperidine rings is 1. The van der Waals surface area contributed by atoms with Gasteiger partial charge in [-0.3, -0.25) is 4.79 Å². The van der Waals surface area contributed by atoms with Gasteiger partial charge in [0.1, 0.15) is 6.04 Å². The summed E-state index contributed by atoms with van der Waals surface area (Å²) in [6.45, 7) is 0.368. The highest BCUT2D eigenvalue weighted by Crippen LogP contribution is 2.31. The fraction of sp³-hybridized carbons (Fsp3) is 0.286. The largest absolute Gasteiger partial charge is 0.480 e. The highest BCUT2D eigenvalue weighted by Gasteiger charge is 2.34. The quantitative estimate of drug-likeness (QED) is 0.373. The molecule has 0 spiro atoms. The standard InChI is InChI=1S/C28H28Cl2N2O5S/c29-23-12-13-25(30)24(16-23)21-10-8-19(9-11-21)15-26(28(34)35)31-27(33)22-7-4-14-32(17-22)38(36,37)18-20-5-2-1-3-6-20/h1-3,5-6,8-13,16,22,26H,4,7,14-15,17-18H2,(H,31,33)(H,34,35)/t22?,26-/m0/s1. The van der Waals surface area contributed by atoms with Crippen LogP contribution < -0.4 is 5.32 Å². The molecule has 1 fully saturated rings. The first kappa shape index (κ1) is 28.1. The summed E-state index contributed by atoms with van der Waals surface area (Å²) in [5, 5.41) is 13.5. The first-order chi connectivity index (χ1) is 18.1. The Balaban J connectivity index is 1.40. The van der Waals surface area contributed by atoms with Crippen molar-refractivity contribution < 1.29 is 23.1 Å². The minimum atomic E-state index is -3.61. The number of nitrogens with zero attached hydrogens (tertiary/aromatic N) is 1. The number of benzene rings is 3. The monoisotopic (exact) mass is 574 g/mol. The maximum Gasteiger partial charge on any atom is 0.326 e. The van der Waals surface area contributed by atoms with Gasteiger partial charge in [-0.2, -0.15) is 0 Å². The van der Waals surface area contributed by atoms with Crippen molar-refractivity contribution in [3.05, 3.63) is 94.0 Å². The molecule has 4 rings (SSSR count). The zero-order valence-corrected chi connectivity index (χ0v) is 22.8. The number of nitrogens with one attached hydrogen (secondary N) is 1. The molecule has 3 aromatic rings. The van der Waals surface area contributed by atoms with Crippen molar-refractivity contribution >= 4 is 45.1 Å². The van der Waals surface area contributed by atoms with Crippen LogP contribution in [0.2, 0.25) is 10.0 Å². The average Bonchev–Trinajstić information content (AvgIpc) is 2.90. The van der Waals surface area contributed by atoms with Crippen molar-refractivity contribution in [3.8, 4) is 11.1 Å². The van der Waals surface area contributed by atoms with E-state index < -0.39 is 33.9 Å². The lowest BCUT2D eigenvalue weighted by Gasteiger charge is -2.32. The molecule has 0 aromatic heterocycles. The van der Waals surface area contributed by atoms with Crippen LogP contribution in [-0.4, -0.2) is 48.8 Å². The summed E-state index contributed by atoms with van der Waals surface area (Å²) in [6, 6.07) is 20.1. The van der Waals surface area contributed by atoms with Crippen LogP contribution in [0.4, 0.5) is 0 Å². The molecule has 1 saturated heterocycles. The smallest absolute Gasteiger partial charge is 0.326 e. The molecular formula is C28H28Cl2N2O5S. The van der Waals surface area contributed by atoms with Gasteiger partial charge in [0.25, 0.3) is 0 Å². The van der Waals surface area contributed by atoms with E-state index in [0.29, 0.717) is 35.0 Å². The fourth-order valence-electron chi connectivity index (χ4n) is 4.55. The summed E-state index contributed by atoms with van der Waals surface area (Å²) < 4.78 is 27.2. The second-order valence-electron chi connectivity index (χ2n) is 9.36. The Morgan fingerprint density at radius 2 is 1.71 bits per heavy atom. The van der Waals surface area contributed by atoms with Crippen LogP contribution in [0.1, 0.15) is 24.0 Å². The fourth-order valence-corrected chi connectivity index (χ4v) is 6.56. The number of sulfonamides is 1. The SMILES string of the molecule is O=C(N[C@@H](Cc1ccc(-c2cc(Cl)ccc2Cl)cc1)C(=O)O)C1CCCN(S(=O)(=O)Cc2ccccc2)C1. The lowest BCUT2D eigenvalue weighted by molar-refractivity contribution is -0.142. The lowest BCUT2D eigenvalue weighted by atomic mass is 9.97. The average molecular weight is 576 g/mol. The summed E-state index contributed by atoms with van der Waals surface area (Å²) in [6.07, 6.45) is 1.09. The number of carbonyl (C=O) groups is 2. The second-order valence-corrected chi connectivity index (χ2v) is 12.2. The van der Waals surface area contributed by atoms with Crippen LogP contribution >= 0.6 is 23.2 Å². The Kier molecular flexibility index (Phi) is 9.10. The van der Waals surface area contributed by atoms with Crippen LogP contribution in [0.5, 0.6) is 0 Å². The maximum absolute atomic E-state index is 13.0. The first-order valence-corrected chi connectivity index (χ1v) is 14.6. The number of amides is 1. The third kappa shape index (κ3) is 7.14. The van der Waals surface area contributed by atoms with E-state index in [9.17, 15) is 23.1 Å². The van der Waals surface area contributed by atoms with Gasteiger partial charge >= 0.3 is 5.97 Å². The van der Waals surface area contributed by atoms with Gasteiger partial charge in [-0.15, -0.1) is 0 Å². The Bertz CT molecular complexity index is 1400. The van der Waals surface area contributed by atoms with Crippen molar-refractivity contribution in [2.24, 2.45) is 5.92 Å². The first-order valence-electron chi connectivity index (χ1n) is 12.2. The normalized spacial score (nSPS) is 17.1. The third-order valence-electron chi connectivity index (χ3n) is 6.59. The molecule has 2 N–H and O–H groups in total. The molecule has 0 bridgehead atoms. The van der Waals surface area contributed by atoms with Crippen LogP contribution in [0, 0.1) is 5.92 Å². The number of halogens is 2. The summed E-state index contributed by atoms with van der Waals surface area (Å²) in [5.74, 6) is -2.39. The van der Waals surface area contributed by atoms with Crippen LogP contribution in [-0.2, 0) is 31.8 Å². The molecule has 0 radical (unpaired) electrons. The summed E-state index contributed by atoms with van der Waals surface area (Å²) in [4.78, 5) is 25.0. The molecule has 1 aliphatic heterocycles. The van der Waals surface area contributed by atoms with Gasteiger partial charge in [0.05, 0.1) is 11.7 Å². The van der Waals surface area contributed by atoms with Gasteiger partial charge in [0.15, 0.2) is 0 Å². The van der Waals surface area contributed by atoms with Gasteiger partial charge in [-0.25, -0.2) is 17.5 Å². The van der Waals surface area contributed by atoms with Crippen LogP contribution in [0.25, 0.3) is 11.1 Å². The molecular weight excluding hydrogens is 547 g/mol. The number of hydrogen-bond acceptors (Lipinski definition) is 4. The van der Waals surface area contributed by atoms with Crippen molar-refractivity contribution in [2.45, 2.75) is 31.1 Å². The van der Waals surface area contributed by atoms with E-state index in [1.807, 2.05) is 18.2 Å². The number of carboxylic acids is 1. The molecule has 1 unspecified atom stereocenters. The molecule has 1 amide bonds. The molecule has 10 heteroatoms. The molecule has 0 saturated carbocycles. The van der Waals surface area contributed by atoms with Crippen molar-refractivity contribution in [2.75, 3.05) is 13.1 Å². The van der Waals surface area contributed by atoms with Gasteiger partial charge in [-0.1, -0.05) is 77.8 Å². The molecule has 200 valence electrons. The van der Waals surface area contributed by atoms with Crippen LogP contribution in [0.15, 0.2) is 72.8 Å². The Labute approximate surface area is 232 Å². The van der Waals surface area contributed by atoms with E-state index in [1.54, 1.807) is 54.6 Å². The number of aliphatic carboxylic acids is 1. The molecule has 1 aliphatic rings.